The van der Waals surface area contributed by atoms with Crippen molar-refractivity contribution in [2.45, 2.75) is 11.6 Å². The molecular formula is C21H16N6O3S. The Kier molecular flexibility index (Phi) is 4.83. The number of hydrogen-bond acceptors (Lipinski definition) is 7. The van der Waals surface area contributed by atoms with Gasteiger partial charge < -0.3 is 4.90 Å². The van der Waals surface area contributed by atoms with Gasteiger partial charge in [-0.05, 0) is 30.2 Å². The second-order valence-electron chi connectivity index (χ2n) is 6.99. The maximum absolute atomic E-state index is 12.8. The summed E-state index contributed by atoms with van der Waals surface area (Å²) in [6, 6.07) is 17.7. The van der Waals surface area contributed by atoms with Gasteiger partial charge in [0, 0.05) is 29.9 Å². The van der Waals surface area contributed by atoms with Crippen LogP contribution in [0.3, 0.4) is 0 Å². The van der Waals surface area contributed by atoms with Crippen LogP contribution in [0.1, 0.15) is 5.56 Å². The second-order valence-corrected chi connectivity index (χ2v) is 7.93. The van der Waals surface area contributed by atoms with Crippen LogP contribution >= 0.6 is 11.8 Å². The number of fused-ring (bicyclic) bond motifs is 2. The summed E-state index contributed by atoms with van der Waals surface area (Å²) in [6.45, 7) is 0.675. The highest BCUT2D eigenvalue weighted by Gasteiger charge is 2.24. The van der Waals surface area contributed by atoms with E-state index in [1.165, 1.54) is 29.5 Å². The lowest BCUT2D eigenvalue weighted by molar-refractivity contribution is -0.384. The van der Waals surface area contributed by atoms with Gasteiger partial charge in [-0.2, -0.15) is 9.61 Å². The number of benzene rings is 2. The quantitative estimate of drug-likeness (QED) is 0.270. The zero-order chi connectivity index (χ0) is 21.4. The zero-order valence-corrected chi connectivity index (χ0v) is 17.0. The van der Waals surface area contributed by atoms with Crippen LogP contribution in [-0.2, 0) is 11.2 Å². The fraction of sp³-hybridized carbons (Fsp3) is 0.143. The largest absolute Gasteiger partial charge is 0.311 e. The highest BCUT2D eigenvalue weighted by atomic mass is 32.2. The number of aromatic nitrogens is 4. The van der Waals surface area contributed by atoms with E-state index in [9.17, 15) is 14.9 Å². The summed E-state index contributed by atoms with van der Waals surface area (Å²) in [5.41, 5.74) is 3.84. The van der Waals surface area contributed by atoms with Crippen molar-refractivity contribution in [1.29, 1.82) is 0 Å². The molecule has 0 fully saturated rings. The summed E-state index contributed by atoms with van der Waals surface area (Å²) in [7, 11) is 0. The lowest BCUT2D eigenvalue weighted by Gasteiger charge is -2.16. The number of amides is 1. The van der Waals surface area contributed by atoms with Crippen molar-refractivity contribution in [2.24, 2.45) is 0 Å². The van der Waals surface area contributed by atoms with E-state index >= 15 is 0 Å². The molecule has 0 unspecified atom stereocenters. The molecule has 0 bridgehead atoms. The third-order valence-corrected chi connectivity index (χ3v) is 6.00. The highest BCUT2D eigenvalue weighted by molar-refractivity contribution is 7.99. The van der Waals surface area contributed by atoms with Gasteiger partial charge in [-0.3, -0.25) is 14.9 Å². The van der Waals surface area contributed by atoms with Crippen LogP contribution in [-0.4, -0.2) is 42.9 Å². The Morgan fingerprint density at radius 1 is 1.10 bits per heavy atom. The average Bonchev–Trinajstić information content (AvgIpc) is 3.41. The van der Waals surface area contributed by atoms with Crippen molar-refractivity contribution in [3.8, 4) is 11.3 Å². The summed E-state index contributed by atoms with van der Waals surface area (Å²) in [4.78, 5) is 25.2. The van der Waals surface area contributed by atoms with E-state index in [0.29, 0.717) is 28.6 Å². The summed E-state index contributed by atoms with van der Waals surface area (Å²) in [5.74, 6) is 0.208. The van der Waals surface area contributed by atoms with Crippen LogP contribution in [0.2, 0.25) is 0 Å². The number of nitro groups is 1. The molecule has 154 valence electrons. The first kappa shape index (κ1) is 19.2. The first-order chi connectivity index (χ1) is 15.1. The number of thioether (sulfide) groups is 1. The van der Waals surface area contributed by atoms with Crippen molar-refractivity contribution in [3.63, 3.8) is 0 Å². The number of hydrogen-bond donors (Lipinski definition) is 0. The standard InChI is InChI=1S/C21H16N6O3S/c28-20(25-11-10-14-4-1-2-7-18(14)25)13-31-21-23-22-19-9-8-17(24-26(19)21)15-5-3-6-16(12-15)27(29)30/h1-9,12H,10-11,13H2. The maximum atomic E-state index is 12.8. The van der Waals surface area contributed by atoms with E-state index < -0.39 is 4.92 Å². The van der Waals surface area contributed by atoms with Gasteiger partial charge in [0.05, 0.1) is 16.4 Å². The predicted octanol–water partition coefficient (Wildman–Crippen LogP) is 3.38. The second kappa shape index (κ2) is 7.80. The molecule has 3 heterocycles. The topological polar surface area (TPSA) is 107 Å². The Labute approximate surface area is 180 Å². The van der Waals surface area contributed by atoms with Crippen LogP contribution < -0.4 is 4.90 Å². The van der Waals surface area contributed by atoms with Gasteiger partial charge in [-0.1, -0.05) is 42.1 Å². The van der Waals surface area contributed by atoms with Crippen molar-refractivity contribution < 1.29 is 9.72 Å². The summed E-state index contributed by atoms with van der Waals surface area (Å²) < 4.78 is 1.56. The van der Waals surface area contributed by atoms with Gasteiger partial charge in [-0.25, -0.2) is 0 Å². The minimum Gasteiger partial charge on any atom is -0.311 e. The molecular weight excluding hydrogens is 416 g/mol. The Morgan fingerprint density at radius 3 is 2.84 bits per heavy atom. The smallest absolute Gasteiger partial charge is 0.270 e. The van der Waals surface area contributed by atoms with Crippen LogP contribution in [0.4, 0.5) is 11.4 Å². The van der Waals surface area contributed by atoms with Gasteiger partial charge in [0.1, 0.15) is 0 Å². The molecule has 9 nitrogen and oxygen atoms in total. The molecule has 0 spiro atoms. The molecule has 0 aliphatic carbocycles. The van der Waals surface area contributed by atoms with E-state index in [1.807, 2.05) is 24.3 Å². The molecule has 2 aromatic carbocycles. The van der Waals surface area contributed by atoms with E-state index in [4.69, 9.17) is 0 Å². The number of nitrogens with zero attached hydrogens (tertiary/aromatic N) is 6. The summed E-state index contributed by atoms with van der Waals surface area (Å²) in [6.07, 6.45) is 0.856. The monoisotopic (exact) mass is 432 g/mol. The zero-order valence-electron chi connectivity index (χ0n) is 16.2. The number of carbonyl (C=O) groups is 1. The van der Waals surface area contributed by atoms with Crippen LogP contribution in [0, 0.1) is 10.1 Å². The molecule has 1 aliphatic rings. The van der Waals surface area contributed by atoms with Crippen LogP contribution in [0.25, 0.3) is 16.9 Å². The highest BCUT2D eigenvalue weighted by Crippen LogP contribution is 2.29. The molecule has 0 saturated heterocycles. The Hall–Kier alpha value is -3.79. The normalized spacial score (nSPS) is 12.8. The van der Waals surface area contributed by atoms with Gasteiger partial charge in [0.15, 0.2) is 5.65 Å². The summed E-state index contributed by atoms with van der Waals surface area (Å²) in [5, 5.41) is 24.4. The Balaban J connectivity index is 1.37. The molecule has 1 aliphatic heterocycles. The molecule has 0 saturated carbocycles. The molecule has 0 radical (unpaired) electrons. The fourth-order valence-corrected chi connectivity index (χ4v) is 4.36. The first-order valence-corrected chi connectivity index (χ1v) is 10.6. The number of carbonyl (C=O) groups excluding carboxylic acids is 1. The molecule has 31 heavy (non-hydrogen) atoms. The predicted molar refractivity (Wildman–Crippen MR) is 116 cm³/mol. The molecule has 4 aromatic rings. The summed E-state index contributed by atoms with van der Waals surface area (Å²) >= 11 is 1.27. The van der Waals surface area contributed by atoms with E-state index in [-0.39, 0.29) is 17.3 Å². The van der Waals surface area contributed by atoms with E-state index in [1.54, 1.807) is 33.7 Å². The first-order valence-electron chi connectivity index (χ1n) is 9.58. The SMILES string of the molecule is O=C(CSc1nnc2ccc(-c3cccc([N+](=O)[O-])c3)nn12)N1CCc2ccccc21. The molecule has 1 amide bonds. The van der Waals surface area contributed by atoms with Crippen molar-refractivity contribution in [1.82, 2.24) is 19.8 Å². The number of nitro benzene ring substituents is 1. The average molecular weight is 432 g/mol. The van der Waals surface area contributed by atoms with Crippen molar-refractivity contribution in [3.05, 3.63) is 76.3 Å². The number of rotatable bonds is 5. The van der Waals surface area contributed by atoms with Crippen LogP contribution in [0.15, 0.2) is 65.8 Å². The maximum Gasteiger partial charge on any atom is 0.270 e. The van der Waals surface area contributed by atoms with Gasteiger partial charge in [-0.15, -0.1) is 10.2 Å². The Morgan fingerprint density at radius 2 is 1.97 bits per heavy atom. The van der Waals surface area contributed by atoms with E-state index in [2.05, 4.69) is 15.3 Å². The van der Waals surface area contributed by atoms with Gasteiger partial charge in [0.2, 0.25) is 11.1 Å². The number of anilines is 1. The Bertz CT molecular complexity index is 1320. The van der Waals surface area contributed by atoms with Crippen LogP contribution in [0.5, 0.6) is 0 Å². The van der Waals surface area contributed by atoms with Gasteiger partial charge >= 0.3 is 0 Å². The third kappa shape index (κ3) is 3.61. The minimum atomic E-state index is -0.440. The number of para-hydroxylation sites is 1. The molecule has 0 atom stereocenters. The molecule has 5 rings (SSSR count). The molecule has 0 N–H and O–H groups in total. The van der Waals surface area contributed by atoms with Crippen molar-refractivity contribution in [2.75, 3.05) is 17.2 Å². The lowest BCUT2D eigenvalue weighted by atomic mass is 10.1. The fourth-order valence-electron chi connectivity index (χ4n) is 3.59. The third-order valence-electron chi connectivity index (χ3n) is 5.10. The molecule has 2 aromatic heterocycles. The minimum absolute atomic E-state index is 0.00142. The van der Waals surface area contributed by atoms with Gasteiger partial charge in [0.25, 0.3) is 5.69 Å². The van der Waals surface area contributed by atoms with Crippen molar-refractivity contribution >= 4 is 34.7 Å². The molecule has 10 heteroatoms. The lowest BCUT2D eigenvalue weighted by Crippen LogP contribution is -2.30. The number of non-ortho nitro benzene ring substituents is 1. The van der Waals surface area contributed by atoms with E-state index in [0.717, 1.165) is 12.1 Å².